The van der Waals surface area contributed by atoms with Gasteiger partial charge in [-0.25, -0.2) is 22.5 Å². The summed E-state index contributed by atoms with van der Waals surface area (Å²) in [6.07, 6.45) is 0.221. The van der Waals surface area contributed by atoms with Crippen LogP contribution in [0, 0.1) is 11.6 Å². The van der Waals surface area contributed by atoms with Crippen molar-refractivity contribution in [2.24, 2.45) is 0 Å². The van der Waals surface area contributed by atoms with Gasteiger partial charge in [-0.3, -0.25) is 9.69 Å². The number of alkyl halides is 2. The van der Waals surface area contributed by atoms with Crippen molar-refractivity contribution in [3.63, 3.8) is 0 Å². The van der Waals surface area contributed by atoms with Crippen LogP contribution in [0.2, 0.25) is 0 Å². The maximum atomic E-state index is 13.7. The minimum Gasteiger partial charge on any atom is -0.340 e. The third-order valence-electron chi connectivity index (χ3n) is 6.38. The molecule has 0 atom stereocenters. The van der Waals surface area contributed by atoms with Gasteiger partial charge in [-0.05, 0) is 61.5 Å². The number of halogens is 4. The summed E-state index contributed by atoms with van der Waals surface area (Å²) < 4.78 is 56.4. The lowest BCUT2D eigenvalue weighted by Crippen LogP contribution is -2.49. The lowest BCUT2D eigenvalue weighted by atomic mass is 10.1. The molecule has 2 aliphatic rings. The Balaban J connectivity index is 1.39. The monoisotopic (exact) mass is 487 g/mol. The number of aromatic nitrogens is 2. The van der Waals surface area contributed by atoms with Crippen molar-refractivity contribution in [2.45, 2.75) is 31.9 Å². The molecule has 0 saturated carbocycles. The zero-order chi connectivity index (χ0) is 24.6. The van der Waals surface area contributed by atoms with Crippen LogP contribution < -0.4 is 5.32 Å². The fourth-order valence-corrected chi connectivity index (χ4v) is 4.62. The van der Waals surface area contributed by atoms with Crippen molar-refractivity contribution >= 4 is 17.4 Å². The fraction of sp³-hybridized carbons (Fsp3) is 0.360. The van der Waals surface area contributed by atoms with Crippen LogP contribution in [-0.4, -0.2) is 57.4 Å². The summed E-state index contributed by atoms with van der Waals surface area (Å²) in [5, 5.41) is 3.28. The highest BCUT2D eigenvalue weighted by Gasteiger charge is 2.36. The standard InChI is InChI=1S/C25H25F4N5O/c26-18-4-2-17(3-5-18)23-24(30-20-8-6-19(27)7-9-20)34-13-12-33(14-21(34)31-23)22(35)15-32-11-1-10-25(28,29)16-32/h2-9,30H,1,10-16H2. The molecule has 10 heteroatoms. The molecule has 1 saturated heterocycles. The van der Waals surface area contributed by atoms with E-state index >= 15 is 0 Å². The molecule has 35 heavy (non-hydrogen) atoms. The van der Waals surface area contributed by atoms with Crippen molar-refractivity contribution in [2.75, 3.05) is 31.5 Å². The number of benzene rings is 2. The van der Waals surface area contributed by atoms with Crippen molar-refractivity contribution < 1.29 is 22.4 Å². The first kappa shape index (κ1) is 23.3. The number of nitrogens with zero attached hydrogens (tertiary/aromatic N) is 4. The van der Waals surface area contributed by atoms with Crippen LogP contribution in [0.3, 0.4) is 0 Å². The average molecular weight is 488 g/mol. The Kier molecular flexibility index (Phi) is 6.22. The zero-order valence-corrected chi connectivity index (χ0v) is 19.0. The minimum atomic E-state index is -2.76. The molecule has 1 N–H and O–H groups in total. The van der Waals surface area contributed by atoms with E-state index in [9.17, 15) is 22.4 Å². The Labute approximate surface area is 200 Å². The minimum absolute atomic E-state index is 0.0538. The molecule has 0 bridgehead atoms. The number of hydrogen-bond acceptors (Lipinski definition) is 4. The number of hydrogen-bond donors (Lipinski definition) is 1. The molecule has 3 heterocycles. The molecule has 0 radical (unpaired) electrons. The van der Waals surface area contributed by atoms with E-state index in [1.807, 2.05) is 4.57 Å². The maximum absolute atomic E-state index is 13.7. The molecule has 3 aromatic rings. The number of amides is 1. The number of carbonyl (C=O) groups is 1. The van der Waals surface area contributed by atoms with E-state index in [2.05, 4.69) is 5.32 Å². The molecule has 1 amide bonds. The molecule has 0 spiro atoms. The Hall–Kier alpha value is -3.40. The van der Waals surface area contributed by atoms with Gasteiger partial charge in [0.25, 0.3) is 5.92 Å². The number of carbonyl (C=O) groups excluding carboxylic acids is 1. The fourth-order valence-electron chi connectivity index (χ4n) is 4.62. The summed E-state index contributed by atoms with van der Waals surface area (Å²) in [4.78, 5) is 20.8. The van der Waals surface area contributed by atoms with E-state index in [-0.39, 0.29) is 37.1 Å². The third kappa shape index (κ3) is 5.17. The lowest BCUT2D eigenvalue weighted by molar-refractivity contribution is -0.136. The second-order valence-corrected chi connectivity index (χ2v) is 9.00. The summed E-state index contributed by atoms with van der Waals surface area (Å²) in [5.74, 6) is -2.43. The highest BCUT2D eigenvalue weighted by atomic mass is 19.3. The van der Waals surface area contributed by atoms with E-state index in [4.69, 9.17) is 4.98 Å². The van der Waals surface area contributed by atoms with Gasteiger partial charge in [0.1, 0.15) is 29.0 Å². The molecule has 1 fully saturated rings. The molecule has 1 aromatic heterocycles. The van der Waals surface area contributed by atoms with Crippen LogP contribution in [0.4, 0.5) is 29.1 Å². The second-order valence-electron chi connectivity index (χ2n) is 9.00. The molecular formula is C25H25F4N5O. The lowest BCUT2D eigenvalue weighted by Gasteiger charge is -2.34. The van der Waals surface area contributed by atoms with Crippen molar-refractivity contribution in [1.29, 1.82) is 0 Å². The van der Waals surface area contributed by atoms with Crippen molar-refractivity contribution in [3.8, 4) is 11.3 Å². The highest BCUT2D eigenvalue weighted by Crippen LogP contribution is 2.33. The van der Waals surface area contributed by atoms with Crippen LogP contribution in [-0.2, 0) is 17.9 Å². The Bertz CT molecular complexity index is 1210. The van der Waals surface area contributed by atoms with Crippen molar-refractivity contribution in [1.82, 2.24) is 19.4 Å². The van der Waals surface area contributed by atoms with Gasteiger partial charge in [0.15, 0.2) is 0 Å². The molecule has 5 rings (SSSR count). The van der Waals surface area contributed by atoms with Gasteiger partial charge in [0.2, 0.25) is 5.91 Å². The molecule has 2 aliphatic heterocycles. The van der Waals surface area contributed by atoms with Gasteiger partial charge >= 0.3 is 0 Å². The number of imidazole rings is 1. The summed E-state index contributed by atoms with van der Waals surface area (Å²) in [6, 6.07) is 11.8. The average Bonchev–Trinajstić information content (AvgIpc) is 3.18. The smallest absolute Gasteiger partial charge is 0.260 e. The maximum Gasteiger partial charge on any atom is 0.260 e. The van der Waals surface area contributed by atoms with Gasteiger partial charge in [0, 0.05) is 30.8 Å². The van der Waals surface area contributed by atoms with Gasteiger partial charge in [-0.15, -0.1) is 0 Å². The topological polar surface area (TPSA) is 53.4 Å². The second kappa shape index (κ2) is 9.33. The first-order valence-electron chi connectivity index (χ1n) is 11.5. The van der Waals surface area contributed by atoms with Gasteiger partial charge in [-0.2, -0.15) is 0 Å². The van der Waals surface area contributed by atoms with Gasteiger partial charge < -0.3 is 14.8 Å². The van der Waals surface area contributed by atoms with Crippen LogP contribution in [0.1, 0.15) is 18.7 Å². The Morgan fingerprint density at radius 2 is 1.66 bits per heavy atom. The number of fused-ring (bicyclic) bond motifs is 1. The quantitative estimate of drug-likeness (QED) is 0.533. The zero-order valence-electron chi connectivity index (χ0n) is 19.0. The largest absolute Gasteiger partial charge is 0.340 e. The molecule has 6 nitrogen and oxygen atoms in total. The van der Waals surface area contributed by atoms with Gasteiger partial charge in [-0.1, -0.05) is 0 Å². The summed E-state index contributed by atoms with van der Waals surface area (Å²) >= 11 is 0. The highest BCUT2D eigenvalue weighted by molar-refractivity contribution is 5.79. The van der Waals surface area contributed by atoms with Crippen LogP contribution in [0.25, 0.3) is 11.3 Å². The first-order valence-corrected chi connectivity index (χ1v) is 11.5. The SMILES string of the molecule is O=C(CN1CCCC(F)(F)C1)N1CCn2c(nc(-c3ccc(F)cc3)c2Nc2ccc(F)cc2)C1. The number of nitrogens with one attached hydrogen (secondary N) is 1. The number of rotatable bonds is 5. The van der Waals surface area contributed by atoms with E-state index in [0.717, 1.165) is 0 Å². The van der Waals surface area contributed by atoms with Crippen LogP contribution in [0.15, 0.2) is 48.5 Å². The Morgan fingerprint density at radius 1 is 0.971 bits per heavy atom. The molecule has 184 valence electrons. The molecule has 2 aromatic carbocycles. The molecule has 0 aliphatic carbocycles. The van der Waals surface area contributed by atoms with Gasteiger partial charge in [0.05, 0.1) is 19.6 Å². The summed E-state index contributed by atoms with van der Waals surface area (Å²) in [5.41, 5.74) is 1.92. The number of piperidine rings is 1. The van der Waals surface area contributed by atoms with E-state index in [0.29, 0.717) is 54.6 Å². The molecular weight excluding hydrogens is 462 g/mol. The van der Waals surface area contributed by atoms with E-state index in [1.54, 1.807) is 29.2 Å². The first-order chi connectivity index (χ1) is 16.8. The third-order valence-corrected chi connectivity index (χ3v) is 6.38. The number of anilines is 2. The molecule has 0 unspecified atom stereocenters. The Morgan fingerprint density at radius 3 is 2.34 bits per heavy atom. The van der Waals surface area contributed by atoms with Crippen LogP contribution >= 0.6 is 0 Å². The van der Waals surface area contributed by atoms with Crippen molar-refractivity contribution in [3.05, 3.63) is 66.0 Å². The van der Waals surface area contributed by atoms with Crippen LogP contribution in [0.5, 0.6) is 0 Å². The van der Waals surface area contributed by atoms with E-state index in [1.165, 1.54) is 29.2 Å². The summed E-state index contributed by atoms with van der Waals surface area (Å²) in [7, 11) is 0. The summed E-state index contributed by atoms with van der Waals surface area (Å²) in [6.45, 7) is 1.08. The number of likely N-dealkylation sites (tertiary alicyclic amines) is 1. The predicted octanol–water partition coefficient (Wildman–Crippen LogP) is 4.65. The predicted molar refractivity (Wildman–Crippen MR) is 123 cm³/mol. The van der Waals surface area contributed by atoms with E-state index < -0.39 is 12.5 Å². The normalized spacial score (nSPS) is 17.8.